The van der Waals surface area contributed by atoms with E-state index in [2.05, 4.69) is 21.1 Å². The number of benzene rings is 1. The van der Waals surface area contributed by atoms with Gasteiger partial charge in [-0.05, 0) is 43.2 Å². The van der Waals surface area contributed by atoms with E-state index in [4.69, 9.17) is 25.9 Å². The average molecular weight is 688 g/mol. The zero-order valence-electron chi connectivity index (χ0n) is 28.0. The average Bonchev–Trinajstić information content (AvgIpc) is 3.40. The van der Waals surface area contributed by atoms with Crippen LogP contribution in [0.2, 0.25) is 5.02 Å². The Labute approximate surface area is 285 Å². The number of rotatable bonds is 12. The van der Waals surface area contributed by atoms with Gasteiger partial charge in [0.1, 0.15) is 12.1 Å². The quantitative estimate of drug-likeness (QED) is 0.282. The number of ketones is 1. The number of nitrogens with one attached hydrogen (secondary N) is 3. The van der Waals surface area contributed by atoms with Crippen molar-refractivity contribution >= 4 is 46.9 Å². The van der Waals surface area contributed by atoms with Gasteiger partial charge in [0, 0.05) is 42.0 Å². The van der Waals surface area contributed by atoms with Crippen molar-refractivity contribution < 1.29 is 38.3 Å². The fourth-order valence-corrected chi connectivity index (χ4v) is 6.49. The zero-order valence-corrected chi connectivity index (χ0v) is 28.8. The summed E-state index contributed by atoms with van der Waals surface area (Å²) in [6.07, 6.45) is 2.82. The topological polar surface area (TPSA) is 165 Å². The van der Waals surface area contributed by atoms with Gasteiger partial charge >= 0.3 is 6.09 Å². The number of amides is 4. The third-order valence-corrected chi connectivity index (χ3v) is 9.41. The molecule has 0 radical (unpaired) electrons. The number of oxime groups is 1. The van der Waals surface area contributed by atoms with Gasteiger partial charge in [-0.25, -0.2) is 4.79 Å². The van der Waals surface area contributed by atoms with Gasteiger partial charge in [-0.15, -0.1) is 0 Å². The van der Waals surface area contributed by atoms with Crippen molar-refractivity contribution in [2.45, 2.75) is 102 Å². The fourth-order valence-electron chi connectivity index (χ4n) is 6.30. The van der Waals surface area contributed by atoms with Gasteiger partial charge in [0.2, 0.25) is 17.6 Å². The van der Waals surface area contributed by atoms with Crippen LogP contribution in [0.1, 0.15) is 78.2 Å². The van der Waals surface area contributed by atoms with E-state index in [1.807, 2.05) is 33.8 Å². The van der Waals surface area contributed by atoms with E-state index in [9.17, 15) is 24.0 Å². The van der Waals surface area contributed by atoms with Crippen LogP contribution < -0.4 is 16.0 Å². The van der Waals surface area contributed by atoms with Crippen molar-refractivity contribution in [2.24, 2.45) is 16.5 Å². The predicted molar refractivity (Wildman–Crippen MR) is 176 cm³/mol. The van der Waals surface area contributed by atoms with E-state index in [1.54, 1.807) is 18.2 Å². The summed E-state index contributed by atoms with van der Waals surface area (Å²) >= 11 is 6.23. The van der Waals surface area contributed by atoms with E-state index < -0.39 is 58.7 Å². The lowest BCUT2D eigenvalue weighted by Crippen LogP contribution is -2.59. The molecule has 3 N–H and O–H groups in total. The fraction of sp³-hybridized carbons (Fsp3) is 0.647. The Kier molecular flexibility index (Phi) is 11.0. The number of alkyl carbamates (subject to hydrolysis) is 1. The van der Waals surface area contributed by atoms with Crippen molar-refractivity contribution in [1.29, 1.82) is 0 Å². The van der Waals surface area contributed by atoms with E-state index in [0.717, 1.165) is 24.8 Å². The zero-order chi connectivity index (χ0) is 34.6. The number of Topliss-reactive ketones (excluding diaryl/α,β-unsaturated/α-hetero) is 1. The SMILES string of the molecule is CCC[C@H](NC(=O)[C@@H]1C[C@]2(CC(c3cccc(Cl)c3)=NO2)CN1C(=O)[C@@H](NC(=O)OCC1CCOC1)C(C)(C)C)C(=O)C(=O)NC1CC1. The number of nitrogens with zero attached hydrogens (tertiary/aromatic N) is 2. The predicted octanol–water partition coefficient (Wildman–Crippen LogP) is 3.11. The molecule has 1 aromatic rings. The number of likely N-dealkylation sites (tertiary alicyclic amines) is 1. The lowest BCUT2D eigenvalue weighted by atomic mass is 9.85. The third-order valence-electron chi connectivity index (χ3n) is 9.18. The van der Waals surface area contributed by atoms with Crippen LogP contribution in [0.15, 0.2) is 29.4 Å². The second-order valence-electron chi connectivity index (χ2n) is 14.4. The van der Waals surface area contributed by atoms with Crippen molar-refractivity contribution in [2.75, 3.05) is 26.4 Å². The van der Waals surface area contributed by atoms with Crippen molar-refractivity contribution in [3.63, 3.8) is 0 Å². The number of carbonyl (C=O) groups excluding carboxylic acids is 5. The first-order valence-corrected chi connectivity index (χ1v) is 17.1. The number of hydrogen-bond acceptors (Lipinski definition) is 9. The van der Waals surface area contributed by atoms with Gasteiger partial charge in [-0.1, -0.05) is 63.0 Å². The maximum absolute atomic E-state index is 14.4. The molecule has 0 aromatic heterocycles. The molecule has 48 heavy (non-hydrogen) atoms. The van der Waals surface area contributed by atoms with Crippen LogP contribution >= 0.6 is 11.6 Å². The van der Waals surface area contributed by atoms with Crippen LogP contribution in [-0.2, 0) is 33.5 Å². The highest BCUT2D eigenvalue weighted by atomic mass is 35.5. The van der Waals surface area contributed by atoms with Crippen molar-refractivity contribution in [3.8, 4) is 0 Å². The Balaban J connectivity index is 1.37. The summed E-state index contributed by atoms with van der Waals surface area (Å²) in [5.74, 6) is -2.47. The molecule has 5 rings (SSSR count). The van der Waals surface area contributed by atoms with Gasteiger partial charge in [0.25, 0.3) is 5.91 Å². The Bertz CT molecular complexity index is 1440. The molecule has 3 heterocycles. The first-order valence-electron chi connectivity index (χ1n) is 16.8. The van der Waals surface area contributed by atoms with Crippen LogP contribution in [0.4, 0.5) is 4.79 Å². The molecule has 2 saturated heterocycles. The summed E-state index contributed by atoms with van der Waals surface area (Å²) in [5, 5.41) is 13.1. The van der Waals surface area contributed by atoms with Crippen LogP contribution in [0, 0.1) is 11.3 Å². The second-order valence-corrected chi connectivity index (χ2v) is 14.9. The Morgan fingerprint density at radius 1 is 1.15 bits per heavy atom. The van der Waals surface area contributed by atoms with E-state index in [-0.39, 0.29) is 38.0 Å². The monoisotopic (exact) mass is 687 g/mol. The normalized spacial score (nSPS) is 24.8. The number of hydrogen-bond donors (Lipinski definition) is 3. The number of halogens is 1. The Hall–Kier alpha value is -3.71. The molecule has 262 valence electrons. The lowest BCUT2D eigenvalue weighted by molar-refractivity contribution is -0.144. The molecule has 14 heteroatoms. The van der Waals surface area contributed by atoms with Gasteiger partial charge in [0.15, 0.2) is 5.60 Å². The van der Waals surface area contributed by atoms with Crippen LogP contribution in [-0.4, -0.2) is 96.3 Å². The molecular weight excluding hydrogens is 642 g/mol. The molecule has 1 spiro atoms. The largest absolute Gasteiger partial charge is 0.449 e. The van der Waals surface area contributed by atoms with Gasteiger partial charge in [-0.3, -0.25) is 19.2 Å². The summed E-state index contributed by atoms with van der Waals surface area (Å²) in [5.41, 5.74) is -0.449. The standard InChI is InChI=1S/C34H46ClN5O8/c1-5-7-24(27(41)30(43)36-23-10-11-23)37-29(42)26-16-34(15-25(39-48-34)21-8-6-9-22(35)14-21)19-40(26)31(44)28(33(2,3)4)38-32(45)47-18-20-12-13-46-17-20/h6,8-9,14,20,23-24,26,28H,5,7,10-13,15-19H2,1-4H3,(H,36,43)(H,37,42)(H,38,45)/t20?,24-,26-,28+,34+/m0/s1. The Morgan fingerprint density at radius 3 is 2.56 bits per heavy atom. The maximum atomic E-state index is 14.4. The van der Waals surface area contributed by atoms with Gasteiger partial charge < -0.3 is 35.2 Å². The van der Waals surface area contributed by atoms with Crippen molar-refractivity contribution in [3.05, 3.63) is 34.9 Å². The summed E-state index contributed by atoms with van der Waals surface area (Å²) < 4.78 is 10.8. The highest BCUT2D eigenvalue weighted by Crippen LogP contribution is 2.40. The molecule has 4 aliphatic rings. The molecule has 0 bridgehead atoms. The summed E-state index contributed by atoms with van der Waals surface area (Å²) in [6, 6.07) is 3.94. The number of ether oxygens (including phenoxy) is 2. The maximum Gasteiger partial charge on any atom is 0.407 e. The second kappa shape index (κ2) is 14.8. The molecular formula is C34H46ClN5O8. The molecule has 4 amide bonds. The van der Waals surface area contributed by atoms with Gasteiger partial charge in [-0.2, -0.15) is 0 Å². The minimum Gasteiger partial charge on any atom is -0.449 e. The molecule has 13 nitrogen and oxygen atoms in total. The minimum atomic E-state index is -1.08. The summed E-state index contributed by atoms with van der Waals surface area (Å²) in [7, 11) is 0. The highest BCUT2D eigenvalue weighted by Gasteiger charge is 2.55. The molecule has 1 saturated carbocycles. The third kappa shape index (κ3) is 8.65. The molecule has 5 atom stereocenters. The highest BCUT2D eigenvalue weighted by molar-refractivity contribution is 6.38. The molecule has 1 unspecified atom stereocenters. The van der Waals surface area contributed by atoms with Gasteiger partial charge in [0.05, 0.1) is 31.5 Å². The van der Waals surface area contributed by atoms with E-state index >= 15 is 0 Å². The summed E-state index contributed by atoms with van der Waals surface area (Å²) in [4.78, 5) is 74.6. The van der Waals surface area contributed by atoms with E-state index in [0.29, 0.717) is 36.8 Å². The molecule has 1 aromatic carbocycles. The van der Waals surface area contributed by atoms with Crippen molar-refractivity contribution in [1.82, 2.24) is 20.9 Å². The Morgan fingerprint density at radius 2 is 1.92 bits per heavy atom. The number of carbonyl (C=O) groups is 5. The first-order chi connectivity index (χ1) is 22.8. The molecule has 1 aliphatic carbocycles. The van der Waals surface area contributed by atoms with Crippen LogP contribution in [0.3, 0.4) is 0 Å². The smallest absolute Gasteiger partial charge is 0.407 e. The van der Waals surface area contributed by atoms with Crippen LogP contribution in [0.5, 0.6) is 0 Å². The molecule has 3 aliphatic heterocycles. The lowest BCUT2D eigenvalue weighted by Gasteiger charge is -2.35. The first kappa shape index (κ1) is 35.6. The molecule has 3 fully saturated rings. The van der Waals surface area contributed by atoms with Crippen LogP contribution in [0.25, 0.3) is 0 Å². The van der Waals surface area contributed by atoms with E-state index in [1.165, 1.54) is 4.90 Å². The minimum absolute atomic E-state index is 0.00520. The summed E-state index contributed by atoms with van der Waals surface area (Å²) in [6.45, 7) is 8.55.